The Bertz CT molecular complexity index is 604. The van der Waals surface area contributed by atoms with Crippen LogP contribution in [0.2, 0.25) is 0 Å². The molecule has 0 amide bonds. The number of carbonyl (C=O) groups is 2. The molecule has 0 aliphatic carbocycles. The van der Waals surface area contributed by atoms with Crippen LogP contribution < -0.4 is 0 Å². The van der Waals surface area contributed by atoms with Gasteiger partial charge in [-0.15, -0.1) is 0 Å². The number of carbonyl (C=O) groups excluding carboxylic acids is 2. The van der Waals surface area contributed by atoms with Crippen LogP contribution in [0.3, 0.4) is 0 Å². The lowest BCUT2D eigenvalue weighted by Crippen LogP contribution is -2.12. The highest BCUT2D eigenvalue weighted by molar-refractivity contribution is 5.77. The molecule has 4 nitrogen and oxygen atoms in total. The minimum Gasteiger partial charge on any atom is -0.347 e. The number of nitrogens with zero attached hydrogens (tertiary/aromatic N) is 2. The molecule has 0 aliphatic rings. The second-order valence-corrected chi connectivity index (χ2v) is 5.19. The minimum absolute atomic E-state index is 0.747. The van der Waals surface area contributed by atoms with Crippen molar-refractivity contribution in [2.75, 3.05) is 0 Å². The molecule has 106 valence electrons. The smallest absolute Gasteiger partial charge is 0.151 e. The molecule has 0 aromatic carbocycles. The number of hydrogen-bond donors (Lipinski definition) is 0. The van der Waals surface area contributed by atoms with E-state index in [-0.39, 0.29) is 0 Å². The molecular formula is C16H20N2O2. The topological polar surface area (TPSA) is 44.0 Å². The Morgan fingerprint density at radius 3 is 1.40 bits per heavy atom. The first-order valence-corrected chi connectivity index (χ1v) is 6.73. The Kier molecular flexibility index (Phi) is 3.93. The average Bonchev–Trinajstić information content (AvgIpc) is 2.86. The third kappa shape index (κ3) is 2.33. The normalized spacial score (nSPS) is 10.8. The zero-order chi connectivity index (χ0) is 14.9. The van der Waals surface area contributed by atoms with E-state index in [4.69, 9.17) is 0 Å². The SMILES string of the molecule is Cc1cc(C=O)c(C)n1CCn1c(C)cc(C=O)c1C. The molecule has 2 rings (SSSR count). The first-order valence-electron chi connectivity index (χ1n) is 6.73. The van der Waals surface area contributed by atoms with Crippen LogP contribution in [0.25, 0.3) is 0 Å². The van der Waals surface area contributed by atoms with E-state index in [0.29, 0.717) is 0 Å². The molecule has 0 saturated carbocycles. The highest BCUT2D eigenvalue weighted by Crippen LogP contribution is 2.16. The van der Waals surface area contributed by atoms with Gasteiger partial charge in [0.2, 0.25) is 0 Å². The van der Waals surface area contributed by atoms with Gasteiger partial charge in [0.1, 0.15) is 0 Å². The molecule has 20 heavy (non-hydrogen) atoms. The standard InChI is InChI=1S/C16H20N2O2/c1-11-7-15(9-19)13(3)17(11)5-6-18-12(2)8-16(10-20)14(18)4/h7-10H,5-6H2,1-4H3. The molecule has 0 fully saturated rings. The van der Waals surface area contributed by atoms with Gasteiger partial charge in [0.15, 0.2) is 12.6 Å². The van der Waals surface area contributed by atoms with E-state index >= 15 is 0 Å². The van der Waals surface area contributed by atoms with E-state index in [1.807, 2.05) is 39.8 Å². The Morgan fingerprint density at radius 1 is 0.800 bits per heavy atom. The van der Waals surface area contributed by atoms with Crippen molar-refractivity contribution in [1.82, 2.24) is 9.13 Å². The largest absolute Gasteiger partial charge is 0.347 e. The van der Waals surface area contributed by atoms with Crippen LogP contribution in [0.1, 0.15) is 43.5 Å². The van der Waals surface area contributed by atoms with Crippen LogP contribution in [-0.4, -0.2) is 21.7 Å². The summed E-state index contributed by atoms with van der Waals surface area (Å²) in [4.78, 5) is 21.9. The minimum atomic E-state index is 0.747. The van der Waals surface area contributed by atoms with Gasteiger partial charge in [0.25, 0.3) is 0 Å². The van der Waals surface area contributed by atoms with Crippen molar-refractivity contribution in [2.45, 2.75) is 40.8 Å². The molecule has 0 spiro atoms. The molecule has 0 unspecified atom stereocenters. The van der Waals surface area contributed by atoms with Crippen LogP contribution in [0.15, 0.2) is 12.1 Å². The maximum atomic E-state index is 11.0. The van der Waals surface area contributed by atoms with Crippen LogP contribution in [-0.2, 0) is 13.1 Å². The molecule has 2 aromatic rings. The van der Waals surface area contributed by atoms with Crippen LogP contribution in [0.5, 0.6) is 0 Å². The quantitative estimate of drug-likeness (QED) is 0.786. The Balaban J connectivity index is 2.25. The van der Waals surface area contributed by atoms with Crippen molar-refractivity contribution in [2.24, 2.45) is 0 Å². The number of aryl methyl sites for hydroxylation is 2. The number of aromatic nitrogens is 2. The van der Waals surface area contributed by atoms with Gasteiger partial charge >= 0.3 is 0 Å². The molecule has 4 heteroatoms. The highest BCUT2D eigenvalue weighted by atomic mass is 16.1. The Morgan fingerprint density at radius 2 is 1.15 bits per heavy atom. The molecule has 0 atom stereocenters. The predicted molar refractivity (Wildman–Crippen MR) is 78.6 cm³/mol. The van der Waals surface area contributed by atoms with Crippen molar-refractivity contribution in [3.8, 4) is 0 Å². The van der Waals surface area contributed by atoms with Crippen LogP contribution >= 0.6 is 0 Å². The zero-order valence-corrected chi connectivity index (χ0v) is 12.4. The molecule has 2 heterocycles. The third-order valence-corrected chi connectivity index (χ3v) is 4.03. The number of aldehydes is 2. The van der Waals surface area contributed by atoms with E-state index in [1.54, 1.807) is 0 Å². The van der Waals surface area contributed by atoms with Crippen molar-refractivity contribution >= 4 is 12.6 Å². The maximum absolute atomic E-state index is 11.0. The lowest BCUT2D eigenvalue weighted by atomic mass is 10.3. The van der Waals surface area contributed by atoms with Gasteiger partial charge in [-0.2, -0.15) is 0 Å². The lowest BCUT2D eigenvalue weighted by Gasteiger charge is -2.13. The molecule has 2 aromatic heterocycles. The van der Waals surface area contributed by atoms with Gasteiger partial charge in [-0.1, -0.05) is 0 Å². The summed E-state index contributed by atoms with van der Waals surface area (Å²) in [5.74, 6) is 0. The van der Waals surface area contributed by atoms with E-state index in [2.05, 4.69) is 9.13 Å². The van der Waals surface area contributed by atoms with Gasteiger partial charge in [0.05, 0.1) is 0 Å². The third-order valence-electron chi connectivity index (χ3n) is 4.03. The summed E-state index contributed by atoms with van der Waals surface area (Å²) < 4.78 is 4.28. The molecule has 0 N–H and O–H groups in total. The summed E-state index contributed by atoms with van der Waals surface area (Å²) in [7, 11) is 0. The molecule has 0 radical (unpaired) electrons. The summed E-state index contributed by atoms with van der Waals surface area (Å²) >= 11 is 0. The number of rotatable bonds is 5. The summed E-state index contributed by atoms with van der Waals surface area (Å²) in [6.45, 7) is 9.52. The van der Waals surface area contributed by atoms with Gasteiger partial charge < -0.3 is 9.13 Å². The molecule has 0 aliphatic heterocycles. The van der Waals surface area contributed by atoms with E-state index in [9.17, 15) is 9.59 Å². The Hall–Kier alpha value is -2.10. The summed E-state index contributed by atoms with van der Waals surface area (Å²) in [5, 5.41) is 0. The average molecular weight is 272 g/mol. The summed E-state index contributed by atoms with van der Waals surface area (Å²) in [6, 6.07) is 3.82. The van der Waals surface area contributed by atoms with Crippen molar-refractivity contribution < 1.29 is 9.59 Å². The predicted octanol–water partition coefficient (Wildman–Crippen LogP) is 2.85. The van der Waals surface area contributed by atoms with Gasteiger partial charge in [-0.25, -0.2) is 0 Å². The molecule has 0 saturated heterocycles. The zero-order valence-electron chi connectivity index (χ0n) is 12.4. The second-order valence-electron chi connectivity index (χ2n) is 5.19. The van der Waals surface area contributed by atoms with Crippen molar-refractivity contribution in [3.63, 3.8) is 0 Å². The van der Waals surface area contributed by atoms with Crippen LogP contribution in [0.4, 0.5) is 0 Å². The Labute approximate surface area is 119 Å². The van der Waals surface area contributed by atoms with Gasteiger partial charge in [-0.3, -0.25) is 9.59 Å². The van der Waals surface area contributed by atoms with Crippen LogP contribution in [0, 0.1) is 27.7 Å². The van der Waals surface area contributed by atoms with E-state index in [1.165, 1.54) is 0 Å². The lowest BCUT2D eigenvalue weighted by molar-refractivity contribution is 0.111. The van der Waals surface area contributed by atoms with Gasteiger partial charge in [0, 0.05) is 47.0 Å². The highest BCUT2D eigenvalue weighted by Gasteiger charge is 2.11. The fraction of sp³-hybridized carbons (Fsp3) is 0.375. The molecular weight excluding hydrogens is 252 g/mol. The fourth-order valence-corrected chi connectivity index (χ4v) is 2.78. The maximum Gasteiger partial charge on any atom is 0.151 e. The molecule has 0 bridgehead atoms. The van der Waals surface area contributed by atoms with E-state index < -0.39 is 0 Å². The summed E-state index contributed by atoms with van der Waals surface area (Å²) in [5.41, 5.74) is 5.66. The summed E-state index contributed by atoms with van der Waals surface area (Å²) in [6.07, 6.45) is 1.80. The van der Waals surface area contributed by atoms with Gasteiger partial charge in [-0.05, 0) is 39.8 Å². The first-order chi connectivity index (χ1) is 9.49. The van der Waals surface area contributed by atoms with Crippen molar-refractivity contribution in [3.05, 3.63) is 46.0 Å². The van der Waals surface area contributed by atoms with E-state index in [0.717, 1.165) is 59.6 Å². The second kappa shape index (κ2) is 5.49. The monoisotopic (exact) mass is 272 g/mol. The first kappa shape index (κ1) is 14.3. The van der Waals surface area contributed by atoms with Crippen molar-refractivity contribution in [1.29, 1.82) is 0 Å². The fourth-order valence-electron chi connectivity index (χ4n) is 2.78. The number of hydrogen-bond acceptors (Lipinski definition) is 2.